The summed E-state index contributed by atoms with van der Waals surface area (Å²) < 4.78 is 18.3. The third-order valence-electron chi connectivity index (χ3n) is 8.47. The first kappa shape index (κ1) is 38.6. The lowest BCUT2D eigenvalue weighted by atomic mass is 10.0. The van der Waals surface area contributed by atoms with Crippen LogP contribution in [0.3, 0.4) is 0 Å². The predicted molar refractivity (Wildman–Crippen MR) is 202 cm³/mol. The van der Waals surface area contributed by atoms with Gasteiger partial charge >= 0.3 is 0 Å². The van der Waals surface area contributed by atoms with Crippen LogP contribution in [0.15, 0.2) is 64.9 Å². The van der Waals surface area contributed by atoms with E-state index < -0.39 is 0 Å². The first-order chi connectivity index (χ1) is 23.7. The average Bonchev–Trinajstić information content (AvgIpc) is 3.14. The highest BCUT2D eigenvalue weighted by molar-refractivity contribution is 5.63. The van der Waals surface area contributed by atoms with E-state index in [2.05, 4.69) is 95.3 Å². The van der Waals surface area contributed by atoms with Crippen molar-refractivity contribution in [3.63, 3.8) is 0 Å². The minimum Gasteiger partial charge on any atom is -0.493 e. The van der Waals surface area contributed by atoms with Crippen LogP contribution in [0.4, 0.5) is 5.69 Å². The molecule has 0 bridgehead atoms. The van der Waals surface area contributed by atoms with Crippen molar-refractivity contribution < 1.29 is 14.2 Å². The van der Waals surface area contributed by atoms with Gasteiger partial charge in [-0.05, 0) is 80.1 Å². The Labute approximate surface area is 295 Å². The van der Waals surface area contributed by atoms with E-state index in [0.717, 1.165) is 71.9 Å². The fourth-order valence-corrected chi connectivity index (χ4v) is 4.26. The predicted octanol–water partition coefficient (Wildman–Crippen LogP) is 10.1. The molecule has 0 aliphatic rings. The van der Waals surface area contributed by atoms with Crippen molar-refractivity contribution in [1.82, 2.24) is 5.01 Å². The summed E-state index contributed by atoms with van der Waals surface area (Å²) in [6.07, 6.45) is 8.98. The second kappa shape index (κ2) is 20.5. The van der Waals surface area contributed by atoms with E-state index >= 15 is 0 Å². The number of rotatable bonds is 16. The molecule has 258 valence electrons. The van der Waals surface area contributed by atoms with Gasteiger partial charge in [0, 0.05) is 41.4 Å². The van der Waals surface area contributed by atoms with E-state index in [1.807, 2.05) is 59.6 Å². The number of benzene rings is 3. The van der Waals surface area contributed by atoms with Gasteiger partial charge in [-0.1, -0.05) is 95.6 Å². The lowest BCUT2D eigenvalue weighted by Gasteiger charge is -2.13. The number of hydrogen-bond acceptors (Lipinski definition) is 5. The van der Waals surface area contributed by atoms with E-state index in [0.29, 0.717) is 48.8 Å². The summed E-state index contributed by atoms with van der Waals surface area (Å²) in [5.41, 5.74) is 4.32. The third kappa shape index (κ3) is 12.6. The highest BCUT2D eigenvalue weighted by atomic mass is 16.5. The highest BCUT2D eigenvalue weighted by Crippen LogP contribution is 2.27. The van der Waals surface area contributed by atoms with Crippen LogP contribution in [0.5, 0.6) is 17.2 Å². The van der Waals surface area contributed by atoms with E-state index in [1.54, 1.807) is 0 Å². The first-order valence-electron chi connectivity index (χ1n) is 17.7. The van der Waals surface area contributed by atoms with Gasteiger partial charge in [0.1, 0.15) is 22.9 Å². The molecule has 0 radical (unpaired) electrons. The monoisotopic (exact) mass is 659 g/mol. The third-order valence-corrected chi connectivity index (χ3v) is 8.47. The molecule has 0 saturated heterocycles. The van der Waals surface area contributed by atoms with Crippen molar-refractivity contribution in [1.29, 1.82) is 0 Å². The second-order valence-electron chi connectivity index (χ2n) is 12.5. The van der Waals surface area contributed by atoms with Crippen LogP contribution >= 0.6 is 0 Å². The van der Waals surface area contributed by atoms with Crippen molar-refractivity contribution in [3.8, 4) is 53.3 Å². The molecule has 3 rings (SSSR count). The van der Waals surface area contributed by atoms with Gasteiger partial charge in [0.05, 0.1) is 25.4 Å². The largest absolute Gasteiger partial charge is 0.493 e. The molecular formula is C43H53N3O3. The van der Waals surface area contributed by atoms with Crippen molar-refractivity contribution in [2.45, 2.75) is 74.7 Å². The molecule has 3 aromatic rings. The summed E-state index contributed by atoms with van der Waals surface area (Å²) >= 11 is 0. The molecule has 0 fully saturated rings. The van der Waals surface area contributed by atoms with Gasteiger partial charge in [0.25, 0.3) is 0 Å². The van der Waals surface area contributed by atoms with Crippen LogP contribution in [0.25, 0.3) is 0 Å². The van der Waals surface area contributed by atoms with Crippen LogP contribution in [0.1, 0.15) is 102 Å². The lowest BCUT2D eigenvalue weighted by molar-refractivity contribution is 0.256. The van der Waals surface area contributed by atoms with Crippen molar-refractivity contribution in [2.24, 2.45) is 28.1 Å². The summed E-state index contributed by atoms with van der Waals surface area (Å²) in [6.45, 7) is 20.5. The van der Waals surface area contributed by atoms with Crippen LogP contribution in [-0.2, 0) is 0 Å². The average molecular weight is 660 g/mol. The quantitative estimate of drug-likeness (QED) is 0.0873. The molecule has 0 unspecified atom stereocenters. The molecule has 0 N–H and O–H groups in total. The minimum atomic E-state index is 0.436. The van der Waals surface area contributed by atoms with Gasteiger partial charge in [-0.2, -0.15) is 0 Å². The molecule has 3 atom stereocenters. The van der Waals surface area contributed by atoms with Crippen LogP contribution < -0.4 is 14.2 Å². The van der Waals surface area contributed by atoms with Gasteiger partial charge < -0.3 is 14.2 Å². The van der Waals surface area contributed by atoms with Gasteiger partial charge in [-0.15, -0.1) is 11.5 Å². The molecule has 0 spiro atoms. The summed E-state index contributed by atoms with van der Waals surface area (Å²) in [7, 11) is 0. The Morgan fingerprint density at radius 2 is 0.980 bits per heavy atom. The lowest BCUT2D eigenvalue weighted by Crippen LogP contribution is -2.14. The molecule has 0 saturated carbocycles. The van der Waals surface area contributed by atoms with Gasteiger partial charge in [-0.3, -0.25) is 5.01 Å². The maximum atomic E-state index is 6.15. The number of hydrogen-bond donors (Lipinski definition) is 0. The van der Waals surface area contributed by atoms with Gasteiger partial charge in [0.15, 0.2) is 0 Å². The van der Waals surface area contributed by atoms with Crippen LogP contribution in [-0.4, -0.2) is 37.9 Å². The molecule has 0 aliphatic carbocycles. The van der Waals surface area contributed by atoms with E-state index in [-0.39, 0.29) is 0 Å². The molecule has 49 heavy (non-hydrogen) atoms. The zero-order valence-electron chi connectivity index (χ0n) is 30.7. The maximum Gasteiger partial charge on any atom is 0.121 e. The molecule has 0 amide bonds. The molecule has 6 nitrogen and oxygen atoms in total. The molecule has 0 aromatic heterocycles. The Bertz CT molecular complexity index is 1700. The summed E-state index contributed by atoms with van der Waals surface area (Å²) in [6, 6.07) is 17.3. The summed E-state index contributed by atoms with van der Waals surface area (Å²) in [5, 5.41) is 10.9. The Morgan fingerprint density at radius 3 is 1.45 bits per heavy atom. The Morgan fingerprint density at radius 1 is 0.571 bits per heavy atom. The van der Waals surface area contributed by atoms with Crippen LogP contribution in [0, 0.1) is 53.8 Å². The first-order valence-corrected chi connectivity index (χ1v) is 17.7. The Kier molecular flexibility index (Phi) is 16.1. The number of terminal acetylenes is 1. The zero-order valence-corrected chi connectivity index (χ0v) is 30.7. The zero-order chi connectivity index (χ0) is 35.6. The number of nitrogens with zero attached hydrogens (tertiary/aromatic N) is 3. The van der Waals surface area contributed by atoms with E-state index in [9.17, 15) is 0 Å². The smallest absolute Gasteiger partial charge is 0.121 e. The normalized spacial score (nSPS) is 12.5. The molecular weight excluding hydrogens is 606 g/mol. The molecule has 0 heterocycles. The SMILES string of the molecule is C#Cc1ccc(OC[C@@H](C)CC)cc1C#Cc1ccc(OC[C@@H](C)CC)cc1C#Cc1ccc(OC[C@@H](C)CC)cc1N=NN(CC)CC. The summed E-state index contributed by atoms with van der Waals surface area (Å²) in [5.74, 6) is 19.7. The van der Waals surface area contributed by atoms with Gasteiger partial charge in [0.2, 0.25) is 0 Å². The fraction of sp³-hybridized carbons (Fsp3) is 0.442. The van der Waals surface area contributed by atoms with E-state index in [4.69, 9.17) is 20.6 Å². The minimum absolute atomic E-state index is 0.436. The Hall–Kier alpha value is -4.86. The van der Waals surface area contributed by atoms with Gasteiger partial charge in [-0.25, -0.2) is 0 Å². The number of ether oxygens (including phenoxy) is 3. The van der Waals surface area contributed by atoms with Crippen molar-refractivity contribution >= 4 is 5.69 Å². The standard InChI is InChI=1S/C43H53N3O3/c1-10-32(7)29-47-40-23-20-35(13-4)38(26-40)18-16-36-21-24-41(48-30-33(8)11-2)27-39(36)19-17-37-22-25-42(49-31-34(9)12-3)28-43(37)44-45-46(14-5)15-6/h4,20-28,32-34H,10-12,14-15,29-31H2,1-3,5-9H3/t32-,33-,34-/m0/s1. The topological polar surface area (TPSA) is 55.6 Å². The summed E-state index contributed by atoms with van der Waals surface area (Å²) in [4.78, 5) is 0. The maximum absolute atomic E-state index is 6.15. The fourth-order valence-electron chi connectivity index (χ4n) is 4.26. The van der Waals surface area contributed by atoms with Crippen molar-refractivity contribution in [2.75, 3.05) is 32.9 Å². The van der Waals surface area contributed by atoms with Crippen LogP contribution in [0.2, 0.25) is 0 Å². The Balaban J connectivity index is 2.07. The molecule has 6 heteroatoms. The van der Waals surface area contributed by atoms with Crippen molar-refractivity contribution in [3.05, 3.63) is 82.4 Å². The molecule has 0 aliphatic heterocycles. The highest BCUT2D eigenvalue weighted by Gasteiger charge is 2.09. The van der Waals surface area contributed by atoms with E-state index in [1.165, 1.54) is 0 Å². The molecule has 3 aromatic carbocycles. The second-order valence-corrected chi connectivity index (χ2v) is 12.5.